The summed E-state index contributed by atoms with van der Waals surface area (Å²) < 4.78 is 6.00. The van der Waals surface area contributed by atoms with E-state index in [-0.39, 0.29) is 5.91 Å². The summed E-state index contributed by atoms with van der Waals surface area (Å²) in [4.78, 5) is 13.8. The number of piperidine rings is 1. The predicted molar refractivity (Wildman–Crippen MR) is 109 cm³/mol. The molecule has 6 nitrogen and oxygen atoms in total. The summed E-state index contributed by atoms with van der Waals surface area (Å²) in [5, 5.41) is 8.60. The van der Waals surface area contributed by atoms with Crippen molar-refractivity contribution in [2.75, 3.05) is 13.1 Å². The monoisotopic (exact) mass is 388 g/mol. The highest BCUT2D eigenvalue weighted by Gasteiger charge is 2.58. The molecule has 0 radical (unpaired) electrons. The van der Waals surface area contributed by atoms with Gasteiger partial charge in [0.15, 0.2) is 0 Å². The van der Waals surface area contributed by atoms with Gasteiger partial charge in [-0.3, -0.25) is 9.69 Å². The first-order valence-corrected chi connectivity index (χ1v) is 10.1. The molecule has 1 saturated carbocycles. The number of rotatable bonds is 5. The zero-order valence-corrected chi connectivity index (χ0v) is 16.3. The van der Waals surface area contributed by atoms with Crippen molar-refractivity contribution < 1.29 is 9.21 Å². The van der Waals surface area contributed by atoms with E-state index in [4.69, 9.17) is 10.2 Å². The number of amides is 1. The SMILES string of the molecule is NC(=O)c1cccc(CN2CCC3(CC2)C[C@@H]3c2nnc(-c3ccccc3)o2)c1. The number of primary amides is 1. The molecule has 0 unspecified atom stereocenters. The molecule has 1 spiro atoms. The summed E-state index contributed by atoms with van der Waals surface area (Å²) in [7, 11) is 0. The molecule has 1 saturated heterocycles. The van der Waals surface area contributed by atoms with Gasteiger partial charge < -0.3 is 10.2 Å². The highest BCUT2D eigenvalue weighted by atomic mass is 16.4. The lowest BCUT2D eigenvalue weighted by Crippen LogP contribution is -2.34. The number of carbonyl (C=O) groups excluding carboxylic acids is 1. The summed E-state index contributed by atoms with van der Waals surface area (Å²) in [6.45, 7) is 2.93. The third-order valence-electron chi connectivity index (χ3n) is 6.42. The highest BCUT2D eigenvalue weighted by molar-refractivity contribution is 5.92. The first-order valence-electron chi connectivity index (χ1n) is 10.1. The van der Waals surface area contributed by atoms with Crippen LogP contribution in [0, 0.1) is 5.41 Å². The standard InChI is InChI=1S/C23H24N4O2/c24-20(28)18-8-4-5-16(13-18)15-27-11-9-23(10-12-27)14-19(23)22-26-25-21(29-22)17-6-2-1-3-7-17/h1-8,13,19H,9-12,14-15H2,(H2,24,28)/t19-/m1/s1. The van der Waals surface area contributed by atoms with Gasteiger partial charge in [-0.2, -0.15) is 0 Å². The maximum absolute atomic E-state index is 11.4. The first kappa shape index (κ1) is 18.1. The van der Waals surface area contributed by atoms with Crippen molar-refractivity contribution in [2.24, 2.45) is 11.1 Å². The minimum absolute atomic E-state index is 0.312. The Hall–Kier alpha value is -2.99. The van der Waals surface area contributed by atoms with E-state index < -0.39 is 0 Å². The minimum Gasteiger partial charge on any atom is -0.420 e. The van der Waals surface area contributed by atoms with Crippen molar-refractivity contribution in [3.05, 3.63) is 71.6 Å². The molecule has 2 N–H and O–H groups in total. The maximum Gasteiger partial charge on any atom is 0.248 e. The maximum atomic E-state index is 11.4. The molecular weight excluding hydrogens is 364 g/mol. The second-order valence-electron chi connectivity index (χ2n) is 8.27. The number of likely N-dealkylation sites (tertiary alicyclic amines) is 1. The molecule has 2 aromatic carbocycles. The van der Waals surface area contributed by atoms with Crippen LogP contribution in [0.15, 0.2) is 59.0 Å². The number of nitrogens with zero attached hydrogens (tertiary/aromatic N) is 3. The molecule has 1 amide bonds. The van der Waals surface area contributed by atoms with E-state index in [1.807, 2.05) is 42.5 Å². The van der Waals surface area contributed by atoms with Gasteiger partial charge in [0.1, 0.15) is 0 Å². The topological polar surface area (TPSA) is 85.3 Å². The van der Waals surface area contributed by atoms with E-state index in [0.29, 0.717) is 22.8 Å². The molecule has 2 aliphatic rings. The van der Waals surface area contributed by atoms with Crippen molar-refractivity contribution in [1.29, 1.82) is 0 Å². The molecule has 5 rings (SSSR count). The Bertz CT molecular complexity index is 1020. The number of aromatic nitrogens is 2. The van der Waals surface area contributed by atoms with Gasteiger partial charge >= 0.3 is 0 Å². The Morgan fingerprint density at radius 2 is 1.90 bits per heavy atom. The molecule has 1 aliphatic carbocycles. The molecule has 148 valence electrons. The summed E-state index contributed by atoms with van der Waals surface area (Å²) in [6.07, 6.45) is 3.40. The van der Waals surface area contributed by atoms with Crippen LogP contribution >= 0.6 is 0 Å². The van der Waals surface area contributed by atoms with Crippen LogP contribution in [0.2, 0.25) is 0 Å². The second kappa shape index (κ2) is 7.12. The number of hydrogen-bond acceptors (Lipinski definition) is 5. The summed E-state index contributed by atoms with van der Waals surface area (Å²) >= 11 is 0. The van der Waals surface area contributed by atoms with Gasteiger partial charge in [-0.25, -0.2) is 0 Å². The molecule has 3 aromatic rings. The largest absolute Gasteiger partial charge is 0.420 e. The van der Waals surface area contributed by atoms with Gasteiger partial charge in [-0.1, -0.05) is 30.3 Å². The molecule has 1 aliphatic heterocycles. The predicted octanol–water partition coefficient (Wildman–Crippen LogP) is 3.61. The molecule has 2 fully saturated rings. The lowest BCUT2D eigenvalue weighted by atomic mass is 9.90. The smallest absolute Gasteiger partial charge is 0.248 e. The van der Waals surface area contributed by atoms with E-state index >= 15 is 0 Å². The molecule has 2 heterocycles. The van der Waals surface area contributed by atoms with E-state index in [2.05, 4.69) is 21.2 Å². The van der Waals surface area contributed by atoms with Crippen LogP contribution in [-0.4, -0.2) is 34.1 Å². The van der Waals surface area contributed by atoms with Gasteiger partial charge in [0.2, 0.25) is 17.7 Å². The molecule has 1 aromatic heterocycles. The Labute approximate surface area is 169 Å². The van der Waals surface area contributed by atoms with Crippen molar-refractivity contribution in [2.45, 2.75) is 31.7 Å². The number of hydrogen-bond donors (Lipinski definition) is 1. The Morgan fingerprint density at radius 1 is 1.10 bits per heavy atom. The Balaban J connectivity index is 1.20. The lowest BCUT2D eigenvalue weighted by molar-refractivity contribution is 0.1000. The van der Waals surface area contributed by atoms with E-state index in [1.165, 1.54) is 0 Å². The molecular formula is C23H24N4O2. The van der Waals surface area contributed by atoms with E-state index in [9.17, 15) is 4.79 Å². The van der Waals surface area contributed by atoms with Crippen LogP contribution in [0.3, 0.4) is 0 Å². The van der Waals surface area contributed by atoms with Crippen molar-refractivity contribution in [1.82, 2.24) is 15.1 Å². The first-order chi connectivity index (χ1) is 14.1. The van der Waals surface area contributed by atoms with Crippen molar-refractivity contribution in [3.63, 3.8) is 0 Å². The van der Waals surface area contributed by atoms with Gasteiger partial charge in [-0.05, 0) is 67.6 Å². The second-order valence-corrected chi connectivity index (χ2v) is 8.27. The number of nitrogens with two attached hydrogens (primary N) is 1. The summed E-state index contributed by atoms with van der Waals surface area (Å²) in [6, 6.07) is 17.5. The molecule has 1 atom stereocenters. The van der Waals surface area contributed by atoms with E-state index in [1.54, 1.807) is 6.07 Å². The number of carbonyl (C=O) groups is 1. The van der Waals surface area contributed by atoms with Crippen LogP contribution in [0.4, 0.5) is 0 Å². The van der Waals surface area contributed by atoms with Crippen LogP contribution in [0.5, 0.6) is 0 Å². The third-order valence-corrected chi connectivity index (χ3v) is 6.42. The zero-order valence-electron chi connectivity index (χ0n) is 16.3. The number of benzene rings is 2. The Morgan fingerprint density at radius 3 is 2.66 bits per heavy atom. The average molecular weight is 388 g/mol. The molecule has 0 bridgehead atoms. The Kier molecular flexibility index (Phi) is 4.43. The quantitative estimate of drug-likeness (QED) is 0.722. The summed E-state index contributed by atoms with van der Waals surface area (Å²) in [5.74, 6) is 1.40. The fourth-order valence-corrected chi connectivity index (χ4v) is 4.56. The molecule has 29 heavy (non-hydrogen) atoms. The van der Waals surface area contributed by atoms with Crippen molar-refractivity contribution in [3.8, 4) is 11.5 Å². The van der Waals surface area contributed by atoms with Crippen LogP contribution < -0.4 is 5.73 Å². The lowest BCUT2D eigenvalue weighted by Gasteiger charge is -2.32. The van der Waals surface area contributed by atoms with Crippen LogP contribution in [0.25, 0.3) is 11.5 Å². The third kappa shape index (κ3) is 3.56. The average Bonchev–Trinajstić information content (AvgIpc) is 3.21. The highest BCUT2D eigenvalue weighted by Crippen LogP contribution is 2.64. The normalized spacial score (nSPS) is 20.6. The van der Waals surface area contributed by atoms with Crippen LogP contribution in [-0.2, 0) is 6.54 Å². The van der Waals surface area contributed by atoms with Gasteiger partial charge in [0, 0.05) is 23.6 Å². The van der Waals surface area contributed by atoms with Gasteiger partial charge in [0.05, 0.1) is 0 Å². The zero-order chi connectivity index (χ0) is 19.8. The fourth-order valence-electron chi connectivity index (χ4n) is 4.56. The van der Waals surface area contributed by atoms with Gasteiger partial charge in [-0.15, -0.1) is 10.2 Å². The fraction of sp³-hybridized carbons (Fsp3) is 0.348. The van der Waals surface area contributed by atoms with Gasteiger partial charge in [0.25, 0.3) is 0 Å². The summed E-state index contributed by atoms with van der Waals surface area (Å²) in [5.41, 5.74) is 8.38. The minimum atomic E-state index is -0.375. The van der Waals surface area contributed by atoms with Crippen molar-refractivity contribution >= 4 is 5.91 Å². The van der Waals surface area contributed by atoms with E-state index in [0.717, 1.165) is 55.9 Å². The molecule has 6 heteroatoms. The van der Waals surface area contributed by atoms with Crippen LogP contribution in [0.1, 0.15) is 47.0 Å².